The Morgan fingerprint density at radius 3 is 2.80 bits per heavy atom. The van der Waals surface area contributed by atoms with E-state index in [0.29, 0.717) is 0 Å². The van der Waals surface area contributed by atoms with Gasteiger partial charge in [0.05, 0.1) is 9.90 Å². The van der Waals surface area contributed by atoms with Gasteiger partial charge in [0.25, 0.3) is 5.91 Å². The molecular formula is C15H15ClN2OS. The van der Waals surface area contributed by atoms with Crippen molar-refractivity contribution in [3.8, 4) is 0 Å². The molecule has 1 aromatic heterocycles. The molecule has 20 heavy (non-hydrogen) atoms. The second-order valence-electron chi connectivity index (χ2n) is 4.73. The van der Waals surface area contributed by atoms with Gasteiger partial charge in [-0.2, -0.15) is 0 Å². The Labute approximate surface area is 127 Å². The molecule has 2 aromatic rings. The van der Waals surface area contributed by atoms with E-state index < -0.39 is 0 Å². The Balaban J connectivity index is 2.03. The number of hydrogen-bond donors (Lipinski definition) is 1. The number of carbonyl (C=O) groups is 1. The average molecular weight is 307 g/mol. The molecule has 1 atom stereocenters. The number of nitrogens with one attached hydrogen (secondary N) is 1. The zero-order chi connectivity index (χ0) is 14.1. The normalized spacial score (nSPS) is 17.8. The first-order valence-corrected chi connectivity index (χ1v) is 7.82. The molecule has 5 heteroatoms. The predicted octanol–water partition coefficient (Wildman–Crippen LogP) is 4.38. The van der Waals surface area contributed by atoms with Crippen molar-refractivity contribution in [2.75, 3.05) is 11.9 Å². The van der Waals surface area contributed by atoms with E-state index in [1.54, 1.807) is 0 Å². The third-order valence-corrected chi connectivity index (χ3v) is 4.63. The van der Waals surface area contributed by atoms with Gasteiger partial charge in [-0.3, -0.25) is 4.79 Å². The van der Waals surface area contributed by atoms with E-state index in [0.717, 1.165) is 33.4 Å². The minimum absolute atomic E-state index is 0.0794. The number of para-hydroxylation sites is 1. The molecule has 104 valence electrons. The lowest BCUT2D eigenvalue weighted by atomic mass is 10.1. The Morgan fingerprint density at radius 2 is 2.10 bits per heavy atom. The number of halogens is 1. The molecule has 0 saturated heterocycles. The van der Waals surface area contributed by atoms with Crippen molar-refractivity contribution in [1.82, 2.24) is 4.90 Å². The van der Waals surface area contributed by atoms with Crippen LogP contribution in [0.1, 0.15) is 34.7 Å². The van der Waals surface area contributed by atoms with Crippen molar-refractivity contribution in [3.05, 3.63) is 51.2 Å². The Hall–Kier alpha value is -1.52. The number of benzene rings is 1. The highest BCUT2D eigenvalue weighted by Crippen LogP contribution is 2.36. The molecule has 0 bridgehead atoms. The first-order chi connectivity index (χ1) is 9.70. The molecule has 0 radical (unpaired) electrons. The lowest BCUT2D eigenvalue weighted by Crippen LogP contribution is -2.42. The van der Waals surface area contributed by atoms with Crippen LogP contribution in [-0.2, 0) is 0 Å². The highest BCUT2D eigenvalue weighted by Gasteiger charge is 2.32. The molecule has 0 saturated carbocycles. The maximum atomic E-state index is 12.7. The summed E-state index contributed by atoms with van der Waals surface area (Å²) in [6, 6.07) is 11.5. The molecule has 1 unspecified atom stereocenters. The topological polar surface area (TPSA) is 32.3 Å². The first-order valence-electron chi connectivity index (χ1n) is 6.62. The largest absolute Gasteiger partial charge is 0.360 e. The number of hydrogen-bond acceptors (Lipinski definition) is 3. The lowest BCUT2D eigenvalue weighted by molar-refractivity contribution is 0.0686. The molecule has 2 heterocycles. The van der Waals surface area contributed by atoms with Crippen molar-refractivity contribution in [2.45, 2.75) is 19.5 Å². The summed E-state index contributed by atoms with van der Waals surface area (Å²) < 4.78 is 0.740. The van der Waals surface area contributed by atoms with Gasteiger partial charge < -0.3 is 10.2 Å². The molecule has 1 N–H and O–H groups in total. The standard InChI is InChI=1S/C15H15ClN2OS/c1-2-9-18-14(12-7-8-13(16)20-12)17-11-6-4-3-5-10(11)15(18)19/h3-8,14,17H,2,9H2,1H3. The minimum Gasteiger partial charge on any atom is -0.360 e. The van der Waals surface area contributed by atoms with Gasteiger partial charge in [-0.25, -0.2) is 0 Å². The summed E-state index contributed by atoms with van der Waals surface area (Å²) >= 11 is 7.54. The van der Waals surface area contributed by atoms with Gasteiger partial charge in [-0.05, 0) is 30.7 Å². The molecule has 3 nitrogen and oxygen atoms in total. The van der Waals surface area contributed by atoms with E-state index in [1.807, 2.05) is 41.3 Å². The number of thiophene rings is 1. The zero-order valence-electron chi connectivity index (χ0n) is 11.1. The molecule has 1 aliphatic heterocycles. The van der Waals surface area contributed by atoms with Gasteiger partial charge in [0.15, 0.2) is 0 Å². The number of nitrogens with zero attached hydrogens (tertiary/aromatic N) is 1. The second-order valence-corrected chi connectivity index (χ2v) is 6.48. The van der Waals surface area contributed by atoms with Crippen LogP contribution < -0.4 is 5.32 Å². The van der Waals surface area contributed by atoms with E-state index in [2.05, 4.69) is 12.2 Å². The van der Waals surface area contributed by atoms with Crippen molar-refractivity contribution >= 4 is 34.5 Å². The molecule has 1 amide bonds. The predicted molar refractivity (Wildman–Crippen MR) is 83.5 cm³/mol. The molecular weight excluding hydrogens is 292 g/mol. The van der Waals surface area contributed by atoms with Crippen LogP contribution in [0.3, 0.4) is 0 Å². The van der Waals surface area contributed by atoms with Crippen LogP contribution in [0.2, 0.25) is 4.34 Å². The quantitative estimate of drug-likeness (QED) is 0.912. The molecule has 0 spiro atoms. The zero-order valence-corrected chi connectivity index (χ0v) is 12.7. The van der Waals surface area contributed by atoms with Crippen LogP contribution in [0.5, 0.6) is 0 Å². The van der Waals surface area contributed by atoms with Gasteiger partial charge in [0.1, 0.15) is 6.17 Å². The van der Waals surface area contributed by atoms with Crippen molar-refractivity contribution in [1.29, 1.82) is 0 Å². The monoisotopic (exact) mass is 306 g/mol. The van der Waals surface area contributed by atoms with Gasteiger partial charge >= 0.3 is 0 Å². The SMILES string of the molecule is CCCN1C(=O)c2ccccc2NC1c1ccc(Cl)s1. The van der Waals surface area contributed by atoms with Crippen molar-refractivity contribution in [3.63, 3.8) is 0 Å². The summed E-state index contributed by atoms with van der Waals surface area (Å²) in [6.07, 6.45) is 0.792. The Morgan fingerprint density at radius 1 is 1.30 bits per heavy atom. The third-order valence-electron chi connectivity index (χ3n) is 3.35. The average Bonchev–Trinajstić information content (AvgIpc) is 2.88. The minimum atomic E-state index is -0.130. The molecule has 0 fully saturated rings. The smallest absolute Gasteiger partial charge is 0.257 e. The maximum absolute atomic E-state index is 12.7. The van der Waals surface area contributed by atoms with Crippen LogP contribution in [0.4, 0.5) is 5.69 Å². The van der Waals surface area contributed by atoms with Gasteiger partial charge in [-0.15, -0.1) is 11.3 Å². The van der Waals surface area contributed by atoms with Crippen LogP contribution in [0.15, 0.2) is 36.4 Å². The molecule has 3 rings (SSSR count). The van der Waals surface area contributed by atoms with Gasteiger partial charge in [-0.1, -0.05) is 30.7 Å². The van der Waals surface area contributed by atoms with Crippen LogP contribution in [-0.4, -0.2) is 17.4 Å². The number of fused-ring (bicyclic) bond motifs is 1. The van der Waals surface area contributed by atoms with Crippen molar-refractivity contribution < 1.29 is 4.79 Å². The fraction of sp³-hybridized carbons (Fsp3) is 0.267. The van der Waals surface area contributed by atoms with E-state index in [4.69, 9.17) is 11.6 Å². The first kappa shape index (κ1) is 13.5. The molecule has 0 aliphatic carbocycles. The summed E-state index contributed by atoms with van der Waals surface area (Å²) in [6.45, 7) is 2.80. The summed E-state index contributed by atoms with van der Waals surface area (Å²) in [5.41, 5.74) is 1.62. The fourth-order valence-corrected chi connectivity index (χ4v) is 3.59. The van der Waals surface area contributed by atoms with Crippen LogP contribution >= 0.6 is 22.9 Å². The number of anilines is 1. The lowest BCUT2D eigenvalue weighted by Gasteiger charge is -2.37. The number of carbonyl (C=O) groups excluding carboxylic acids is 1. The summed E-state index contributed by atoms with van der Waals surface area (Å²) in [7, 11) is 0. The van der Waals surface area contributed by atoms with E-state index in [-0.39, 0.29) is 12.1 Å². The van der Waals surface area contributed by atoms with Crippen LogP contribution in [0.25, 0.3) is 0 Å². The van der Waals surface area contributed by atoms with E-state index >= 15 is 0 Å². The maximum Gasteiger partial charge on any atom is 0.257 e. The highest BCUT2D eigenvalue weighted by molar-refractivity contribution is 7.16. The van der Waals surface area contributed by atoms with Crippen LogP contribution in [0, 0.1) is 0 Å². The van der Waals surface area contributed by atoms with E-state index in [9.17, 15) is 4.79 Å². The van der Waals surface area contributed by atoms with E-state index in [1.165, 1.54) is 11.3 Å². The summed E-state index contributed by atoms with van der Waals surface area (Å²) in [5.74, 6) is 0.0794. The highest BCUT2D eigenvalue weighted by atomic mass is 35.5. The van der Waals surface area contributed by atoms with Gasteiger partial charge in [0, 0.05) is 17.1 Å². The summed E-state index contributed by atoms with van der Waals surface area (Å²) in [4.78, 5) is 15.6. The summed E-state index contributed by atoms with van der Waals surface area (Å²) in [5, 5.41) is 3.45. The number of rotatable bonds is 3. The molecule has 1 aliphatic rings. The van der Waals surface area contributed by atoms with Gasteiger partial charge in [0.2, 0.25) is 0 Å². The third kappa shape index (κ3) is 2.30. The number of amides is 1. The fourth-order valence-electron chi connectivity index (χ4n) is 2.46. The van der Waals surface area contributed by atoms with Crippen molar-refractivity contribution in [2.24, 2.45) is 0 Å². The molecule has 1 aromatic carbocycles. The Bertz CT molecular complexity index is 640. The Kier molecular flexibility index (Phi) is 3.68. The second kappa shape index (κ2) is 5.46.